The van der Waals surface area contributed by atoms with Crippen LogP contribution >= 0.6 is 39.1 Å². The molecule has 2 aromatic rings. The molecule has 0 fully saturated rings. The number of ether oxygens (including phenoxy) is 1. The van der Waals surface area contributed by atoms with E-state index in [0.29, 0.717) is 21.4 Å². The van der Waals surface area contributed by atoms with E-state index in [-0.39, 0.29) is 36.4 Å². The van der Waals surface area contributed by atoms with Crippen molar-refractivity contribution in [2.45, 2.75) is 72.0 Å². The second kappa shape index (κ2) is 12.3. The third kappa shape index (κ3) is 7.62. The molecule has 2 atom stereocenters. The summed E-state index contributed by atoms with van der Waals surface area (Å²) in [5.41, 5.74) is 1.71. The summed E-state index contributed by atoms with van der Waals surface area (Å²) < 4.78 is 6.60. The molecule has 0 bridgehead atoms. The molecule has 0 unspecified atom stereocenters. The van der Waals surface area contributed by atoms with E-state index in [1.54, 1.807) is 25.1 Å². The van der Waals surface area contributed by atoms with E-state index in [1.165, 1.54) is 4.90 Å². The van der Waals surface area contributed by atoms with Gasteiger partial charge in [-0.15, -0.1) is 0 Å². The normalized spacial score (nSPS) is 13.2. The van der Waals surface area contributed by atoms with Crippen molar-refractivity contribution in [3.05, 3.63) is 62.0 Å². The minimum atomic E-state index is -0.746. The zero-order chi connectivity index (χ0) is 25.6. The highest BCUT2D eigenvalue weighted by Gasteiger charge is 2.28. The Bertz CT molecular complexity index is 1000. The summed E-state index contributed by atoms with van der Waals surface area (Å²) in [5, 5.41) is 3.80. The van der Waals surface area contributed by atoms with Gasteiger partial charge in [0.05, 0.1) is 4.47 Å². The molecule has 5 nitrogen and oxygen atoms in total. The highest BCUT2D eigenvalue weighted by Crippen LogP contribution is 2.32. The van der Waals surface area contributed by atoms with Crippen molar-refractivity contribution in [2.75, 3.05) is 6.61 Å². The Hall–Kier alpha value is -1.76. The van der Waals surface area contributed by atoms with Crippen molar-refractivity contribution in [3.63, 3.8) is 0 Å². The largest absolute Gasteiger partial charge is 0.483 e. The predicted molar refractivity (Wildman–Crippen MR) is 143 cm³/mol. The predicted octanol–water partition coefficient (Wildman–Crippen LogP) is 6.76. The molecule has 0 saturated carbocycles. The molecule has 0 heterocycles. The van der Waals surface area contributed by atoms with Crippen LogP contribution in [0.3, 0.4) is 0 Å². The molecule has 2 amide bonds. The summed E-state index contributed by atoms with van der Waals surface area (Å²) in [6, 6.07) is 10.2. The molecule has 0 aliphatic carbocycles. The average molecular weight is 572 g/mol. The molecule has 0 radical (unpaired) electrons. The lowest BCUT2D eigenvalue weighted by atomic mass is 9.87. The first-order chi connectivity index (χ1) is 15.8. The summed E-state index contributed by atoms with van der Waals surface area (Å²) in [5.74, 6) is -0.0510. The first-order valence-electron chi connectivity index (χ1n) is 11.3. The van der Waals surface area contributed by atoms with E-state index < -0.39 is 6.04 Å². The van der Waals surface area contributed by atoms with Gasteiger partial charge >= 0.3 is 0 Å². The Kier molecular flexibility index (Phi) is 10.3. The van der Waals surface area contributed by atoms with Gasteiger partial charge in [-0.05, 0) is 71.4 Å². The zero-order valence-electron chi connectivity index (χ0n) is 20.5. The van der Waals surface area contributed by atoms with Gasteiger partial charge in [0.25, 0.3) is 5.91 Å². The van der Waals surface area contributed by atoms with Crippen molar-refractivity contribution >= 4 is 50.9 Å². The van der Waals surface area contributed by atoms with E-state index >= 15 is 0 Å². The van der Waals surface area contributed by atoms with E-state index in [9.17, 15) is 9.59 Å². The lowest BCUT2D eigenvalue weighted by Crippen LogP contribution is -2.50. The van der Waals surface area contributed by atoms with Gasteiger partial charge in [0.2, 0.25) is 5.91 Å². The molecule has 1 N–H and O–H groups in total. The fourth-order valence-corrected chi connectivity index (χ4v) is 4.22. The molecule has 186 valence electrons. The Morgan fingerprint density at radius 3 is 2.26 bits per heavy atom. The maximum absolute atomic E-state index is 13.3. The van der Waals surface area contributed by atoms with Crippen LogP contribution in [-0.4, -0.2) is 35.4 Å². The second-order valence-electron chi connectivity index (χ2n) is 9.40. The fourth-order valence-electron chi connectivity index (χ4n) is 3.21. The van der Waals surface area contributed by atoms with Crippen molar-refractivity contribution in [1.29, 1.82) is 0 Å². The summed E-state index contributed by atoms with van der Waals surface area (Å²) in [4.78, 5) is 27.6. The smallest absolute Gasteiger partial charge is 0.261 e. The van der Waals surface area contributed by atoms with Gasteiger partial charge < -0.3 is 15.0 Å². The lowest BCUT2D eigenvalue weighted by molar-refractivity contribution is -0.142. The molecule has 2 rings (SSSR count). The van der Waals surface area contributed by atoms with Gasteiger partial charge in [0.1, 0.15) is 11.8 Å². The van der Waals surface area contributed by atoms with Crippen LogP contribution in [0.4, 0.5) is 0 Å². The highest BCUT2D eigenvalue weighted by atomic mass is 79.9. The molecular weight excluding hydrogens is 539 g/mol. The molecule has 0 saturated heterocycles. The first kappa shape index (κ1) is 28.5. The number of halogens is 3. The number of carbonyl (C=O) groups excluding carboxylic acids is 2. The van der Waals surface area contributed by atoms with E-state index in [0.717, 1.165) is 16.5 Å². The third-order valence-corrected chi connectivity index (χ3v) is 7.04. The van der Waals surface area contributed by atoms with E-state index in [4.69, 9.17) is 27.9 Å². The van der Waals surface area contributed by atoms with Crippen LogP contribution in [-0.2, 0) is 21.5 Å². The van der Waals surface area contributed by atoms with E-state index in [2.05, 4.69) is 42.0 Å². The number of carbonyl (C=O) groups is 2. The van der Waals surface area contributed by atoms with Crippen LogP contribution in [0.5, 0.6) is 5.75 Å². The van der Waals surface area contributed by atoms with Gasteiger partial charge in [-0.2, -0.15) is 0 Å². The third-order valence-electron chi connectivity index (χ3n) is 5.71. The minimum absolute atomic E-state index is 0.00987. The van der Waals surface area contributed by atoms with Gasteiger partial charge in [-0.25, -0.2) is 0 Å². The maximum Gasteiger partial charge on any atom is 0.261 e. The van der Waals surface area contributed by atoms with Crippen molar-refractivity contribution in [2.24, 2.45) is 0 Å². The summed E-state index contributed by atoms with van der Waals surface area (Å²) in [6.45, 7) is 11.8. The van der Waals surface area contributed by atoms with Crippen molar-refractivity contribution in [3.8, 4) is 5.75 Å². The summed E-state index contributed by atoms with van der Waals surface area (Å²) in [7, 11) is 0. The zero-order valence-corrected chi connectivity index (χ0v) is 23.6. The number of amides is 2. The number of hydrogen-bond donors (Lipinski definition) is 1. The average Bonchev–Trinajstić information content (AvgIpc) is 2.76. The quantitative estimate of drug-likeness (QED) is 0.361. The highest BCUT2D eigenvalue weighted by molar-refractivity contribution is 9.10. The standard InChI is InChI=1S/C26H33BrCl2N2O3/c1-7-16(2)30-25(33)17(3)31(14-19-21(28)9-8-10-22(19)29)24(32)15-34-23-12-11-18(13-20(23)27)26(4,5)6/h8-13,16-17H,7,14-15H2,1-6H3,(H,30,33)/t16-,17-/m1/s1. The summed E-state index contributed by atoms with van der Waals surface area (Å²) >= 11 is 16.2. The number of hydrogen-bond acceptors (Lipinski definition) is 3. The van der Waals surface area contributed by atoms with Crippen molar-refractivity contribution < 1.29 is 14.3 Å². The van der Waals surface area contributed by atoms with E-state index in [1.807, 2.05) is 32.0 Å². The molecule has 34 heavy (non-hydrogen) atoms. The minimum Gasteiger partial charge on any atom is -0.483 e. The van der Waals surface area contributed by atoms with Crippen LogP contribution in [0.1, 0.15) is 59.1 Å². The monoisotopic (exact) mass is 570 g/mol. The molecule has 0 aromatic heterocycles. The number of nitrogens with one attached hydrogen (secondary N) is 1. The number of benzene rings is 2. The molecule has 8 heteroatoms. The topological polar surface area (TPSA) is 58.6 Å². The van der Waals surface area contributed by atoms with Gasteiger partial charge in [0, 0.05) is 28.2 Å². The number of rotatable bonds is 9. The Morgan fingerprint density at radius 1 is 1.12 bits per heavy atom. The van der Waals surface area contributed by atoms with Gasteiger partial charge in [0.15, 0.2) is 6.61 Å². The molecule has 0 aliphatic heterocycles. The summed E-state index contributed by atoms with van der Waals surface area (Å²) in [6.07, 6.45) is 0.782. The maximum atomic E-state index is 13.3. The van der Waals surface area contributed by atoms with Crippen molar-refractivity contribution in [1.82, 2.24) is 10.2 Å². The first-order valence-corrected chi connectivity index (χ1v) is 12.9. The number of nitrogens with zero attached hydrogens (tertiary/aromatic N) is 1. The SMILES string of the molecule is CC[C@@H](C)NC(=O)[C@@H](C)N(Cc1c(Cl)cccc1Cl)C(=O)COc1ccc(C(C)(C)C)cc1Br. The van der Waals surface area contributed by atoms with Gasteiger partial charge in [-0.3, -0.25) is 9.59 Å². The molecule has 2 aromatic carbocycles. The molecule has 0 aliphatic rings. The Balaban J connectivity index is 2.25. The van der Waals surface area contributed by atoms with Crippen LogP contribution in [0.15, 0.2) is 40.9 Å². The fraction of sp³-hybridized carbons (Fsp3) is 0.462. The Morgan fingerprint density at radius 2 is 1.74 bits per heavy atom. The van der Waals surface area contributed by atoms with Gasteiger partial charge in [-0.1, -0.05) is 63.0 Å². The lowest BCUT2D eigenvalue weighted by Gasteiger charge is -2.30. The van der Waals surface area contributed by atoms with Crippen LogP contribution < -0.4 is 10.1 Å². The van der Waals surface area contributed by atoms with Crippen LogP contribution in [0, 0.1) is 0 Å². The second-order valence-corrected chi connectivity index (χ2v) is 11.1. The molecule has 0 spiro atoms. The Labute approximate surface area is 221 Å². The molecular formula is C26H33BrCl2N2O3. The van der Waals surface area contributed by atoms with Crippen LogP contribution in [0.2, 0.25) is 10.0 Å². The van der Waals surface area contributed by atoms with Crippen LogP contribution in [0.25, 0.3) is 0 Å².